The first-order valence-electron chi connectivity index (χ1n) is 6.57. The fraction of sp³-hybridized carbons (Fsp3) is 0.0588. The van der Waals surface area contributed by atoms with E-state index < -0.39 is 0 Å². The predicted molar refractivity (Wildman–Crippen MR) is 94.9 cm³/mol. The lowest BCUT2D eigenvalue weighted by Crippen LogP contribution is -2.00. The van der Waals surface area contributed by atoms with Gasteiger partial charge in [0, 0.05) is 21.9 Å². The molecule has 22 heavy (non-hydrogen) atoms. The molecule has 2 heterocycles. The van der Waals surface area contributed by atoms with E-state index in [0.29, 0.717) is 22.6 Å². The highest BCUT2D eigenvalue weighted by Crippen LogP contribution is 2.17. The van der Waals surface area contributed by atoms with Crippen molar-refractivity contribution in [2.45, 2.75) is 0 Å². The molecule has 0 N–H and O–H groups in total. The number of methoxy groups -OCH3 is 1. The Labute approximate surface area is 140 Å². The summed E-state index contributed by atoms with van der Waals surface area (Å²) >= 11 is 2.17. The summed E-state index contributed by atoms with van der Waals surface area (Å²) in [5, 5.41) is 0.593. The van der Waals surface area contributed by atoms with Crippen molar-refractivity contribution in [2.24, 2.45) is 0 Å². The Hall–Kier alpha value is -2.15. The molecule has 110 valence electrons. The molecule has 0 saturated carbocycles. The highest BCUT2D eigenvalue weighted by atomic mass is 127. The zero-order chi connectivity index (χ0) is 15.5. The van der Waals surface area contributed by atoms with Gasteiger partial charge in [-0.2, -0.15) is 0 Å². The number of hydrogen-bond acceptors (Lipinski definition) is 4. The van der Waals surface area contributed by atoms with Gasteiger partial charge in [0.15, 0.2) is 5.43 Å². The number of pyridine rings is 1. The number of rotatable bonds is 3. The largest absolute Gasteiger partial charge is 0.481 e. The van der Waals surface area contributed by atoms with Crippen molar-refractivity contribution in [2.75, 3.05) is 7.11 Å². The molecule has 0 atom stereocenters. The van der Waals surface area contributed by atoms with Crippen molar-refractivity contribution in [3.63, 3.8) is 0 Å². The molecule has 0 bridgehead atoms. The number of aromatic nitrogens is 1. The minimum atomic E-state index is -0.0488. The number of fused-ring (bicyclic) bond motifs is 1. The summed E-state index contributed by atoms with van der Waals surface area (Å²) in [6.45, 7) is 0. The second-order valence-electron chi connectivity index (χ2n) is 4.62. The Morgan fingerprint density at radius 2 is 2.05 bits per heavy atom. The Morgan fingerprint density at radius 3 is 2.77 bits per heavy atom. The molecule has 3 rings (SSSR count). The standard InChI is InChI=1S/C17H12INO3/c1-21-17-7-3-11(10-19-17)2-5-13-9-15(20)14-8-12(18)4-6-16(14)22-13/h2-10H,1H3/b5-2+. The van der Waals surface area contributed by atoms with E-state index in [0.717, 1.165) is 9.13 Å². The molecule has 0 aliphatic heterocycles. The highest BCUT2D eigenvalue weighted by Gasteiger charge is 2.03. The number of benzene rings is 1. The van der Waals surface area contributed by atoms with Crippen LogP contribution in [0.2, 0.25) is 0 Å². The summed E-state index contributed by atoms with van der Waals surface area (Å²) in [6, 6.07) is 10.7. The molecular weight excluding hydrogens is 393 g/mol. The van der Waals surface area contributed by atoms with Crippen molar-refractivity contribution in [3.05, 3.63) is 67.7 Å². The molecule has 1 aromatic carbocycles. The first-order valence-corrected chi connectivity index (χ1v) is 7.65. The van der Waals surface area contributed by atoms with Gasteiger partial charge in [0.2, 0.25) is 5.88 Å². The Kier molecular flexibility index (Phi) is 4.24. The Balaban J connectivity index is 1.94. The van der Waals surface area contributed by atoms with Crippen LogP contribution in [0.15, 0.2) is 51.8 Å². The predicted octanol–water partition coefficient (Wildman–Crippen LogP) is 3.97. The van der Waals surface area contributed by atoms with Gasteiger partial charge in [0.25, 0.3) is 0 Å². The second-order valence-corrected chi connectivity index (χ2v) is 5.87. The van der Waals surface area contributed by atoms with Gasteiger partial charge in [-0.1, -0.05) is 0 Å². The molecule has 4 nitrogen and oxygen atoms in total. The molecule has 0 fully saturated rings. The molecule has 0 aliphatic carbocycles. The van der Waals surface area contributed by atoms with Gasteiger partial charge in [-0.05, 0) is 64.6 Å². The van der Waals surface area contributed by atoms with Gasteiger partial charge in [-0.15, -0.1) is 0 Å². The molecule has 0 radical (unpaired) electrons. The summed E-state index contributed by atoms with van der Waals surface area (Å²) in [5.74, 6) is 1.07. The highest BCUT2D eigenvalue weighted by molar-refractivity contribution is 14.1. The van der Waals surface area contributed by atoms with E-state index in [1.54, 1.807) is 25.4 Å². The fourth-order valence-corrected chi connectivity index (χ4v) is 2.51. The van der Waals surface area contributed by atoms with Crippen LogP contribution in [0.1, 0.15) is 11.3 Å². The molecular formula is C17H12INO3. The van der Waals surface area contributed by atoms with Gasteiger partial charge in [-0.3, -0.25) is 4.79 Å². The maximum Gasteiger partial charge on any atom is 0.212 e. The lowest BCUT2D eigenvalue weighted by atomic mass is 10.2. The molecule has 0 aliphatic rings. The summed E-state index contributed by atoms with van der Waals surface area (Å²) < 4.78 is 11.7. The lowest BCUT2D eigenvalue weighted by Gasteiger charge is -2.00. The van der Waals surface area contributed by atoms with Gasteiger partial charge >= 0.3 is 0 Å². The van der Waals surface area contributed by atoms with E-state index in [4.69, 9.17) is 9.15 Å². The molecule has 5 heteroatoms. The lowest BCUT2D eigenvalue weighted by molar-refractivity contribution is 0.398. The average molecular weight is 405 g/mol. The molecule has 2 aromatic heterocycles. The van der Waals surface area contributed by atoms with E-state index >= 15 is 0 Å². The number of hydrogen-bond donors (Lipinski definition) is 0. The second kappa shape index (κ2) is 6.31. The minimum Gasteiger partial charge on any atom is -0.481 e. The number of ether oxygens (including phenoxy) is 1. The van der Waals surface area contributed by atoms with E-state index in [1.165, 1.54) is 6.07 Å². The SMILES string of the molecule is COc1ccc(/C=C/c2cc(=O)c3cc(I)ccc3o2)cn1. The van der Waals surface area contributed by atoms with Crippen LogP contribution in [0.3, 0.4) is 0 Å². The van der Waals surface area contributed by atoms with Crippen LogP contribution in [0.5, 0.6) is 5.88 Å². The number of nitrogens with zero attached hydrogens (tertiary/aromatic N) is 1. The minimum absolute atomic E-state index is 0.0488. The zero-order valence-corrected chi connectivity index (χ0v) is 13.9. The first-order chi connectivity index (χ1) is 10.7. The van der Waals surface area contributed by atoms with Crippen molar-refractivity contribution in [1.82, 2.24) is 4.98 Å². The number of halogens is 1. The van der Waals surface area contributed by atoms with Crippen LogP contribution >= 0.6 is 22.6 Å². The maximum atomic E-state index is 12.1. The summed E-state index contributed by atoms with van der Waals surface area (Å²) in [6.07, 6.45) is 5.28. The molecule has 0 saturated heterocycles. The van der Waals surface area contributed by atoms with Gasteiger partial charge < -0.3 is 9.15 Å². The van der Waals surface area contributed by atoms with E-state index in [9.17, 15) is 4.79 Å². The van der Waals surface area contributed by atoms with Crippen LogP contribution in [-0.2, 0) is 0 Å². The van der Waals surface area contributed by atoms with Crippen LogP contribution < -0.4 is 10.2 Å². The third kappa shape index (κ3) is 3.19. The molecule has 0 unspecified atom stereocenters. The van der Waals surface area contributed by atoms with Crippen molar-refractivity contribution in [1.29, 1.82) is 0 Å². The molecule has 3 aromatic rings. The first kappa shape index (κ1) is 14.8. The van der Waals surface area contributed by atoms with Crippen LogP contribution in [0.25, 0.3) is 23.1 Å². The third-order valence-corrected chi connectivity index (χ3v) is 3.79. The van der Waals surface area contributed by atoms with Gasteiger partial charge in [0.1, 0.15) is 11.3 Å². The van der Waals surface area contributed by atoms with Crippen molar-refractivity contribution < 1.29 is 9.15 Å². The summed E-state index contributed by atoms with van der Waals surface area (Å²) in [4.78, 5) is 16.2. The van der Waals surface area contributed by atoms with Gasteiger partial charge in [0.05, 0.1) is 12.5 Å². The van der Waals surface area contributed by atoms with Gasteiger partial charge in [-0.25, -0.2) is 4.98 Å². The molecule has 0 spiro atoms. The monoisotopic (exact) mass is 405 g/mol. The normalized spacial score (nSPS) is 11.2. The van der Waals surface area contributed by atoms with Crippen LogP contribution in [-0.4, -0.2) is 12.1 Å². The maximum absolute atomic E-state index is 12.1. The van der Waals surface area contributed by atoms with E-state index in [-0.39, 0.29) is 5.43 Å². The zero-order valence-electron chi connectivity index (χ0n) is 11.7. The Bertz CT molecular complexity index is 898. The van der Waals surface area contributed by atoms with Crippen LogP contribution in [0, 0.1) is 3.57 Å². The Morgan fingerprint density at radius 1 is 1.18 bits per heavy atom. The smallest absolute Gasteiger partial charge is 0.212 e. The van der Waals surface area contributed by atoms with Crippen molar-refractivity contribution in [3.8, 4) is 5.88 Å². The fourth-order valence-electron chi connectivity index (χ4n) is 2.02. The third-order valence-electron chi connectivity index (χ3n) is 3.12. The van der Waals surface area contributed by atoms with E-state index in [1.807, 2.05) is 30.3 Å². The molecule has 0 amide bonds. The quantitative estimate of drug-likeness (QED) is 0.619. The average Bonchev–Trinajstić information content (AvgIpc) is 2.54. The summed E-state index contributed by atoms with van der Waals surface area (Å²) in [7, 11) is 1.57. The van der Waals surface area contributed by atoms with Crippen LogP contribution in [0.4, 0.5) is 0 Å². The topological polar surface area (TPSA) is 52.3 Å². The summed E-state index contributed by atoms with van der Waals surface area (Å²) in [5.41, 5.74) is 1.43. The van der Waals surface area contributed by atoms with E-state index in [2.05, 4.69) is 27.6 Å². The van der Waals surface area contributed by atoms with Crippen molar-refractivity contribution >= 4 is 45.7 Å².